The number of aromatic nitrogens is 2. The van der Waals surface area contributed by atoms with E-state index in [-0.39, 0.29) is 0 Å². The number of anilines is 1. The average Bonchev–Trinajstić information content (AvgIpc) is 2.54. The number of ether oxygens (including phenoxy) is 2. The SMILES string of the molecule is CNc1nc(-c2ccccc2COC)nc2c1COCC2. The van der Waals surface area contributed by atoms with Crippen LogP contribution in [0.5, 0.6) is 0 Å². The van der Waals surface area contributed by atoms with E-state index < -0.39 is 0 Å². The van der Waals surface area contributed by atoms with Crippen LogP contribution in [0.25, 0.3) is 11.4 Å². The van der Waals surface area contributed by atoms with E-state index in [4.69, 9.17) is 14.5 Å². The Bertz CT molecular complexity index is 626. The summed E-state index contributed by atoms with van der Waals surface area (Å²) in [6.07, 6.45) is 0.825. The third-order valence-corrected chi connectivity index (χ3v) is 3.62. The largest absolute Gasteiger partial charge is 0.380 e. The first-order valence-corrected chi connectivity index (χ1v) is 7.06. The van der Waals surface area contributed by atoms with Gasteiger partial charge in [0, 0.05) is 31.7 Å². The molecule has 0 bridgehead atoms. The predicted octanol–water partition coefficient (Wildman–Crippen LogP) is 2.40. The van der Waals surface area contributed by atoms with E-state index in [0.717, 1.165) is 40.4 Å². The number of nitrogens with zero attached hydrogens (tertiary/aromatic N) is 2. The summed E-state index contributed by atoms with van der Waals surface area (Å²) in [5.74, 6) is 1.59. The number of hydrogen-bond acceptors (Lipinski definition) is 5. The molecule has 0 saturated heterocycles. The molecule has 1 aliphatic rings. The summed E-state index contributed by atoms with van der Waals surface area (Å²) >= 11 is 0. The molecule has 21 heavy (non-hydrogen) atoms. The fourth-order valence-electron chi connectivity index (χ4n) is 2.58. The van der Waals surface area contributed by atoms with E-state index in [0.29, 0.717) is 19.8 Å². The molecular weight excluding hydrogens is 266 g/mol. The van der Waals surface area contributed by atoms with Gasteiger partial charge in [0.25, 0.3) is 0 Å². The number of hydrogen-bond donors (Lipinski definition) is 1. The summed E-state index contributed by atoms with van der Waals surface area (Å²) in [4.78, 5) is 9.41. The third-order valence-electron chi connectivity index (χ3n) is 3.62. The van der Waals surface area contributed by atoms with Crippen LogP contribution in [-0.2, 0) is 29.1 Å². The van der Waals surface area contributed by atoms with Gasteiger partial charge in [-0.1, -0.05) is 24.3 Å². The van der Waals surface area contributed by atoms with Crippen molar-refractivity contribution >= 4 is 5.82 Å². The maximum Gasteiger partial charge on any atom is 0.162 e. The Labute approximate surface area is 124 Å². The predicted molar refractivity (Wildman–Crippen MR) is 81.1 cm³/mol. The van der Waals surface area contributed by atoms with Crippen molar-refractivity contribution in [1.82, 2.24) is 9.97 Å². The molecule has 3 rings (SSSR count). The molecule has 2 heterocycles. The van der Waals surface area contributed by atoms with Crippen molar-refractivity contribution in [3.05, 3.63) is 41.1 Å². The first kappa shape index (κ1) is 14.0. The summed E-state index contributed by atoms with van der Waals surface area (Å²) in [7, 11) is 3.57. The highest BCUT2D eigenvalue weighted by Gasteiger charge is 2.19. The van der Waals surface area contributed by atoms with Crippen molar-refractivity contribution in [3.8, 4) is 11.4 Å². The molecule has 0 amide bonds. The summed E-state index contributed by atoms with van der Waals surface area (Å²) in [5.41, 5.74) is 4.25. The van der Waals surface area contributed by atoms with Crippen molar-refractivity contribution in [2.45, 2.75) is 19.6 Å². The van der Waals surface area contributed by atoms with E-state index in [9.17, 15) is 0 Å². The van der Waals surface area contributed by atoms with Crippen molar-refractivity contribution in [3.63, 3.8) is 0 Å². The molecule has 2 aromatic rings. The van der Waals surface area contributed by atoms with Crippen LogP contribution in [-0.4, -0.2) is 30.7 Å². The molecule has 0 atom stereocenters. The number of rotatable bonds is 4. The number of fused-ring (bicyclic) bond motifs is 1. The molecule has 0 unspecified atom stereocenters. The van der Waals surface area contributed by atoms with Gasteiger partial charge < -0.3 is 14.8 Å². The zero-order valence-electron chi connectivity index (χ0n) is 12.3. The normalized spacial score (nSPS) is 13.8. The summed E-state index contributed by atoms with van der Waals surface area (Å²) in [6.45, 7) is 1.84. The molecule has 1 N–H and O–H groups in total. The number of benzene rings is 1. The van der Waals surface area contributed by atoms with Gasteiger partial charge in [0.05, 0.1) is 25.5 Å². The van der Waals surface area contributed by atoms with Crippen LogP contribution in [0.15, 0.2) is 24.3 Å². The summed E-state index contributed by atoms with van der Waals surface area (Å²) in [6, 6.07) is 8.08. The fourth-order valence-corrected chi connectivity index (χ4v) is 2.58. The van der Waals surface area contributed by atoms with Crippen LogP contribution in [0.4, 0.5) is 5.82 Å². The highest BCUT2D eigenvalue weighted by atomic mass is 16.5. The zero-order chi connectivity index (χ0) is 14.7. The van der Waals surface area contributed by atoms with Crippen LogP contribution < -0.4 is 5.32 Å². The molecule has 0 spiro atoms. The molecule has 1 aliphatic heterocycles. The number of methoxy groups -OCH3 is 1. The van der Waals surface area contributed by atoms with Gasteiger partial charge >= 0.3 is 0 Å². The number of nitrogens with one attached hydrogen (secondary N) is 1. The molecule has 0 radical (unpaired) electrons. The van der Waals surface area contributed by atoms with E-state index in [1.807, 2.05) is 31.3 Å². The first-order valence-electron chi connectivity index (χ1n) is 7.06. The lowest BCUT2D eigenvalue weighted by molar-refractivity contribution is 0.109. The first-order chi connectivity index (χ1) is 10.3. The van der Waals surface area contributed by atoms with E-state index in [1.54, 1.807) is 7.11 Å². The van der Waals surface area contributed by atoms with Crippen LogP contribution in [0, 0.1) is 0 Å². The van der Waals surface area contributed by atoms with Gasteiger partial charge in [-0.05, 0) is 5.56 Å². The lowest BCUT2D eigenvalue weighted by atomic mass is 10.1. The monoisotopic (exact) mass is 285 g/mol. The smallest absolute Gasteiger partial charge is 0.162 e. The van der Waals surface area contributed by atoms with Gasteiger partial charge in [0.15, 0.2) is 5.82 Å². The Morgan fingerprint density at radius 2 is 2.14 bits per heavy atom. The Kier molecular flexibility index (Phi) is 4.13. The minimum atomic E-state index is 0.550. The molecule has 0 saturated carbocycles. The van der Waals surface area contributed by atoms with Crippen molar-refractivity contribution in [2.75, 3.05) is 26.1 Å². The molecular formula is C16H19N3O2. The summed E-state index contributed by atoms with van der Waals surface area (Å²) < 4.78 is 10.8. The molecule has 110 valence electrons. The van der Waals surface area contributed by atoms with Crippen LogP contribution in [0.3, 0.4) is 0 Å². The van der Waals surface area contributed by atoms with Gasteiger partial charge in [-0.25, -0.2) is 9.97 Å². The van der Waals surface area contributed by atoms with Crippen LogP contribution >= 0.6 is 0 Å². The summed E-state index contributed by atoms with van der Waals surface area (Å²) in [5, 5.41) is 3.15. The zero-order valence-corrected chi connectivity index (χ0v) is 12.3. The lowest BCUT2D eigenvalue weighted by Crippen LogP contribution is -2.16. The maximum absolute atomic E-state index is 5.51. The standard InChI is InChI=1S/C16H19N3O2/c1-17-15-13-10-21-8-7-14(13)18-16(19-15)12-6-4-3-5-11(12)9-20-2/h3-6H,7-10H2,1-2H3,(H,17,18,19). The van der Waals surface area contributed by atoms with Gasteiger partial charge in [0.2, 0.25) is 0 Å². The molecule has 1 aromatic carbocycles. The third kappa shape index (κ3) is 2.75. The Morgan fingerprint density at radius 1 is 1.29 bits per heavy atom. The maximum atomic E-state index is 5.51. The highest BCUT2D eigenvalue weighted by molar-refractivity contribution is 5.63. The van der Waals surface area contributed by atoms with Crippen molar-refractivity contribution < 1.29 is 9.47 Å². The highest BCUT2D eigenvalue weighted by Crippen LogP contribution is 2.27. The van der Waals surface area contributed by atoms with E-state index in [1.165, 1.54) is 0 Å². The fraction of sp³-hybridized carbons (Fsp3) is 0.375. The van der Waals surface area contributed by atoms with Crippen molar-refractivity contribution in [2.24, 2.45) is 0 Å². The minimum absolute atomic E-state index is 0.550. The van der Waals surface area contributed by atoms with Gasteiger partial charge in [-0.15, -0.1) is 0 Å². The van der Waals surface area contributed by atoms with Gasteiger partial charge in [-0.2, -0.15) is 0 Å². The quantitative estimate of drug-likeness (QED) is 0.935. The second-order valence-electron chi connectivity index (χ2n) is 4.96. The van der Waals surface area contributed by atoms with Gasteiger partial charge in [0.1, 0.15) is 5.82 Å². The Balaban J connectivity index is 2.10. The topological polar surface area (TPSA) is 56.3 Å². The second kappa shape index (κ2) is 6.20. The van der Waals surface area contributed by atoms with Crippen LogP contribution in [0.1, 0.15) is 16.8 Å². The van der Waals surface area contributed by atoms with Crippen LogP contribution in [0.2, 0.25) is 0 Å². The molecule has 0 aliphatic carbocycles. The average molecular weight is 285 g/mol. The molecule has 5 nitrogen and oxygen atoms in total. The van der Waals surface area contributed by atoms with Crippen molar-refractivity contribution in [1.29, 1.82) is 0 Å². The van der Waals surface area contributed by atoms with Gasteiger partial charge in [-0.3, -0.25) is 0 Å². The molecule has 5 heteroatoms. The Hall–Kier alpha value is -1.98. The second-order valence-corrected chi connectivity index (χ2v) is 4.96. The van der Waals surface area contributed by atoms with E-state index in [2.05, 4.69) is 10.3 Å². The Morgan fingerprint density at radius 3 is 2.95 bits per heavy atom. The van der Waals surface area contributed by atoms with E-state index >= 15 is 0 Å². The minimum Gasteiger partial charge on any atom is -0.380 e. The molecule has 1 aromatic heterocycles. The molecule has 0 fully saturated rings. The lowest BCUT2D eigenvalue weighted by Gasteiger charge is -2.19.